The van der Waals surface area contributed by atoms with Crippen LogP contribution in [0.1, 0.15) is 32.6 Å². The smallest absolute Gasteiger partial charge is 0.313 e. The van der Waals surface area contributed by atoms with Gasteiger partial charge in [0.1, 0.15) is 5.52 Å². The summed E-state index contributed by atoms with van der Waals surface area (Å²) >= 11 is 4.64. The molecule has 0 amide bonds. The van der Waals surface area contributed by atoms with Gasteiger partial charge in [0.2, 0.25) is 0 Å². The number of hydrogen-bond donors (Lipinski definition) is 1. The number of rotatable bonds is 8. The predicted molar refractivity (Wildman–Crippen MR) is 87.7 cm³/mol. The van der Waals surface area contributed by atoms with Crippen LogP contribution in [0.25, 0.3) is 11.2 Å². The molecule has 0 unspecified atom stereocenters. The van der Waals surface area contributed by atoms with E-state index in [1.807, 2.05) is 10.6 Å². The number of carbonyl (C=O) groups is 1. The molecule has 7 heteroatoms. The van der Waals surface area contributed by atoms with Crippen molar-refractivity contribution in [2.24, 2.45) is 0 Å². The quantitative estimate of drug-likeness (QED) is 0.561. The number of unbranched alkanes of at least 4 members (excludes halogenated alkanes) is 3. The normalized spacial score (nSPS) is 11.1. The molecule has 0 fully saturated rings. The maximum absolute atomic E-state index is 10.8. The number of fused-ring (bicyclic) bond motifs is 1. The van der Waals surface area contributed by atoms with E-state index in [1.165, 1.54) is 24.6 Å². The Morgan fingerprint density at radius 1 is 1.43 bits per heavy atom. The maximum Gasteiger partial charge on any atom is 0.313 e. The SMILES string of the molecule is CCCCCCn1c(SCC(=O)O)nc2cc(Br)cnc21. The van der Waals surface area contributed by atoms with Gasteiger partial charge in [0, 0.05) is 17.2 Å². The molecule has 0 aliphatic rings. The largest absolute Gasteiger partial charge is 0.481 e. The average molecular weight is 372 g/mol. The fraction of sp³-hybridized carbons (Fsp3) is 0.500. The van der Waals surface area contributed by atoms with Crippen molar-refractivity contribution < 1.29 is 9.90 Å². The van der Waals surface area contributed by atoms with E-state index < -0.39 is 5.97 Å². The molecule has 1 N–H and O–H groups in total. The average Bonchev–Trinajstić information content (AvgIpc) is 2.78. The number of hydrogen-bond acceptors (Lipinski definition) is 4. The molecule has 21 heavy (non-hydrogen) atoms. The first-order chi connectivity index (χ1) is 10.1. The third kappa shape index (κ3) is 4.44. The molecule has 0 radical (unpaired) electrons. The van der Waals surface area contributed by atoms with Crippen LogP contribution in [0.5, 0.6) is 0 Å². The molecule has 0 bridgehead atoms. The van der Waals surface area contributed by atoms with Gasteiger partial charge in [0.05, 0.1) is 5.75 Å². The number of imidazole rings is 1. The number of aryl methyl sites for hydroxylation is 1. The van der Waals surface area contributed by atoms with Crippen molar-refractivity contribution in [2.45, 2.75) is 44.3 Å². The van der Waals surface area contributed by atoms with E-state index in [4.69, 9.17) is 5.11 Å². The van der Waals surface area contributed by atoms with Crippen LogP contribution in [0.4, 0.5) is 0 Å². The van der Waals surface area contributed by atoms with Crippen LogP contribution in [0.2, 0.25) is 0 Å². The van der Waals surface area contributed by atoms with Gasteiger partial charge in [-0.3, -0.25) is 4.79 Å². The Hall–Kier alpha value is -1.08. The van der Waals surface area contributed by atoms with Gasteiger partial charge in [-0.15, -0.1) is 0 Å². The number of halogens is 1. The van der Waals surface area contributed by atoms with Crippen molar-refractivity contribution in [2.75, 3.05) is 5.75 Å². The van der Waals surface area contributed by atoms with E-state index in [9.17, 15) is 4.79 Å². The number of pyridine rings is 1. The lowest BCUT2D eigenvalue weighted by atomic mass is 10.2. The second-order valence-electron chi connectivity index (χ2n) is 4.79. The Balaban J connectivity index is 2.23. The molecular weight excluding hydrogens is 354 g/mol. The third-order valence-electron chi connectivity index (χ3n) is 3.08. The molecule has 0 aliphatic carbocycles. The lowest BCUT2D eigenvalue weighted by molar-refractivity contribution is -0.133. The summed E-state index contributed by atoms with van der Waals surface area (Å²) < 4.78 is 2.91. The van der Waals surface area contributed by atoms with Crippen molar-refractivity contribution in [1.29, 1.82) is 0 Å². The molecule has 2 aromatic heterocycles. The Bertz CT molecular complexity index is 630. The van der Waals surface area contributed by atoms with Gasteiger partial charge >= 0.3 is 5.97 Å². The van der Waals surface area contributed by atoms with Crippen LogP contribution in [0.15, 0.2) is 21.9 Å². The van der Waals surface area contributed by atoms with Crippen LogP contribution in [0.3, 0.4) is 0 Å². The van der Waals surface area contributed by atoms with Crippen molar-refractivity contribution in [1.82, 2.24) is 14.5 Å². The van der Waals surface area contributed by atoms with Crippen molar-refractivity contribution in [3.05, 3.63) is 16.7 Å². The van der Waals surface area contributed by atoms with Gasteiger partial charge in [-0.1, -0.05) is 37.9 Å². The van der Waals surface area contributed by atoms with Gasteiger partial charge in [-0.2, -0.15) is 0 Å². The first-order valence-corrected chi connectivity index (χ1v) is 8.76. The van der Waals surface area contributed by atoms with Crippen LogP contribution in [0, 0.1) is 0 Å². The molecule has 0 aliphatic heterocycles. The lowest BCUT2D eigenvalue weighted by Crippen LogP contribution is -2.04. The van der Waals surface area contributed by atoms with E-state index in [2.05, 4.69) is 32.8 Å². The summed E-state index contributed by atoms with van der Waals surface area (Å²) in [7, 11) is 0. The maximum atomic E-state index is 10.8. The lowest BCUT2D eigenvalue weighted by Gasteiger charge is -2.07. The Morgan fingerprint density at radius 2 is 2.24 bits per heavy atom. The van der Waals surface area contributed by atoms with Crippen LogP contribution >= 0.6 is 27.7 Å². The second-order valence-corrected chi connectivity index (χ2v) is 6.64. The summed E-state index contributed by atoms with van der Waals surface area (Å²) in [5.74, 6) is -0.821. The van der Waals surface area contributed by atoms with Crippen LogP contribution in [-0.2, 0) is 11.3 Å². The zero-order valence-electron chi connectivity index (χ0n) is 11.9. The summed E-state index contributed by atoms with van der Waals surface area (Å²) in [4.78, 5) is 19.7. The summed E-state index contributed by atoms with van der Waals surface area (Å²) in [5, 5.41) is 9.58. The first kappa shape index (κ1) is 16.3. The highest BCUT2D eigenvalue weighted by Crippen LogP contribution is 2.25. The van der Waals surface area contributed by atoms with E-state index in [0.717, 1.165) is 40.2 Å². The standard InChI is InChI=1S/C14H18BrN3O2S/c1-2-3-4-5-6-18-13-11(7-10(15)8-16-13)17-14(18)21-9-12(19)20/h7-8H,2-6,9H2,1H3,(H,19,20). The number of carboxylic acid groups (broad SMARTS) is 1. The Labute approximate surface area is 136 Å². The Kier molecular flexibility index (Phi) is 6.05. The van der Waals surface area contributed by atoms with Gasteiger partial charge in [0.25, 0.3) is 0 Å². The highest BCUT2D eigenvalue weighted by molar-refractivity contribution is 9.10. The summed E-state index contributed by atoms with van der Waals surface area (Å²) in [6.07, 6.45) is 6.37. The van der Waals surface area contributed by atoms with Gasteiger partial charge in [-0.25, -0.2) is 9.97 Å². The zero-order valence-corrected chi connectivity index (χ0v) is 14.3. The van der Waals surface area contributed by atoms with Gasteiger partial charge < -0.3 is 9.67 Å². The molecule has 2 rings (SSSR count). The molecule has 0 atom stereocenters. The third-order valence-corrected chi connectivity index (χ3v) is 4.47. The van der Waals surface area contributed by atoms with E-state index >= 15 is 0 Å². The molecule has 0 spiro atoms. The minimum Gasteiger partial charge on any atom is -0.481 e. The van der Waals surface area contributed by atoms with Gasteiger partial charge in [-0.05, 0) is 28.4 Å². The second kappa shape index (κ2) is 7.79. The predicted octanol–water partition coefficient (Wildman–Crippen LogP) is 3.95. The molecule has 114 valence electrons. The molecule has 2 heterocycles. The first-order valence-electron chi connectivity index (χ1n) is 6.98. The van der Waals surface area contributed by atoms with Crippen molar-refractivity contribution >= 4 is 44.8 Å². The summed E-state index contributed by atoms with van der Waals surface area (Å²) in [6.45, 7) is 3.01. The molecule has 0 aromatic carbocycles. The monoisotopic (exact) mass is 371 g/mol. The van der Waals surface area contributed by atoms with E-state index in [-0.39, 0.29) is 5.75 Å². The molecule has 0 saturated heterocycles. The van der Waals surface area contributed by atoms with Crippen LogP contribution in [-0.4, -0.2) is 31.4 Å². The highest BCUT2D eigenvalue weighted by Gasteiger charge is 2.13. The molecular formula is C14H18BrN3O2S. The zero-order chi connectivity index (χ0) is 15.2. The minimum absolute atomic E-state index is 0.0133. The Morgan fingerprint density at radius 3 is 2.95 bits per heavy atom. The van der Waals surface area contributed by atoms with Crippen molar-refractivity contribution in [3.63, 3.8) is 0 Å². The number of aliphatic carboxylic acids is 1. The van der Waals surface area contributed by atoms with Gasteiger partial charge in [0.15, 0.2) is 10.8 Å². The minimum atomic E-state index is -0.835. The topological polar surface area (TPSA) is 68.0 Å². The molecule has 0 saturated carbocycles. The molecule has 5 nitrogen and oxygen atoms in total. The number of aromatic nitrogens is 3. The molecule has 2 aromatic rings. The number of carboxylic acids is 1. The van der Waals surface area contributed by atoms with Crippen molar-refractivity contribution in [3.8, 4) is 0 Å². The van der Waals surface area contributed by atoms with E-state index in [1.54, 1.807) is 6.20 Å². The highest BCUT2D eigenvalue weighted by atomic mass is 79.9. The number of nitrogens with zero attached hydrogens (tertiary/aromatic N) is 3. The fourth-order valence-electron chi connectivity index (χ4n) is 2.10. The summed E-state index contributed by atoms with van der Waals surface area (Å²) in [5.41, 5.74) is 1.62. The van der Waals surface area contributed by atoms with Crippen LogP contribution < -0.4 is 0 Å². The number of thioether (sulfide) groups is 1. The van der Waals surface area contributed by atoms with E-state index in [0.29, 0.717) is 0 Å². The fourth-order valence-corrected chi connectivity index (χ4v) is 3.17. The summed E-state index contributed by atoms with van der Waals surface area (Å²) in [6, 6.07) is 1.91.